The van der Waals surface area contributed by atoms with Crippen molar-refractivity contribution in [2.75, 3.05) is 45.8 Å². The molecule has 1 aliphatic rings. The average molecular weight is 440 g/mol. The number of benzene rings is 2. The van der Waals surface area contributed by atoms with Crippen molar-refractivity contribution in [3.05, 3.63) is 47.5 Å². The van der Waals surface area contributed by atoms with Crippen LogP contribution in [0.25, 0.3) is 11.1 Å². The normalized spacial score (nSPS) is 16.1. The van der Waals surface area contributed by atoms with Gasteiger partial charge in [-0.2, -0.15) is 5.06 Å². The zero-order valence-electron chi connectivity index (χ0n) is 19.3. The minimum absolute atomic E-state index is 0.00769. The summed E-state index contributed by atoms with van der Waals surface area (Å²) in [5, 5.41) is 12.0. The highest BCUT2D eigenvalue weighted by Crippen LogP contribution is 2.36. The smallest absolute Gasteiger partial charge is 0.251 e. The van der Waals surface area contributed by atoms with Crippen molar-refractivity contribution in [2.24, 2.45) is 11.7 Å². The van der Waals surface area contributed by atoms with E-state index in [1.165, 1.54) is 0 Å². The number of amidine groups is 1. The number of carbonyl (C=O) groups excluding carboxylic acids is 1. The lowest BCUT2D eigenvalue weighted by molar-refractivity contribution is -0.117. The minimum Gasteiger partial charge on any atom is -0.496 e. The summed E-state index contributed by atoms with van der Waals surface area (Å²) < 4.78 is 5.83. The zero-order chi connectivity index (χ0) is 23.3. The molecule has 1 aliphatic heterocycles. The first-order valence-corrected chi connectivity index (χ1v) is 10.8. The molecule has 0 radical (unpaired) electrons. The Kier molecular flexibility index (Phi) is 7.71. The number of hydrogen-bond donors (Lipinski definition) is 3. The molecule has 0 aliphatic carbocycles. The number of hydroxylamine groups is 2. The first-order valence-electron chi connectivity index (χ1n) is 10.8. The largest absolute Gasteiger partial charge is 0.496 e. The van der Waals surface area contributed by atoms with Gasteiger partial charge in [0.2, 0.25) is 0 Å². The summed E-state index contributed by atoms with van der Waals surface area (Å²) in [5.74, 6) is 0.946. The average Bonchev–Trinajstić information content (AvgIpc) is 3.24. The van der Waals surface area contributed by atoms with Gasteiger partial charge in [-0.15, -0.1) is 0 Å². The van der Waals surface area contributed by atoms with E-state index in [1.54, 1.807) is 7.11 Å². The molecule has 0 spiro atoms. The fourth-order valence-electron chi connectivity index (χ4n) is 3.76. The third kappa shape index (κ3) is 5.57. The SMILES string of the molecule is CC[C@H]1CON(Cc2cccc(-c3cc(C(=O)NCC(=N)N)cc(N(C)C)c3)c2OC)C1. The second-order valence-electron chi connectivity index (χ2n) is 8.26. The monoisotopic (exact) mass is 439 g/mol. The van der Waals surface area contributed by atoms with E-state index in [4.69, 9.17) is 20.7 Å². The number of methoxy groups -OCH3 is 1. The number of anilines is 1. The standard InChI is InChI=1S/C24H33N5O3/c1-5-16-13-29(32-15-16)14-17-7-6-8-21(23(17)31-4)18-9-19(11-20(10-18)28(2)3)24(30)27-12-22(25)26/h6-11,16H,5,12-15H2,1-4H3,(H3,25,26)(H,27,30)/t16-/m1/s1. The molecule has 1 amide bonds. The first-order chi connectivity index (χ1) is 15.3. The highest BCUT2D eigenvalue weighted by molar-refractivity contribution is 5.99. The van der Waals surface area contributed by atoms with Crippen LogP contribution in [0.4, 0.5) is 5.69 Å². The number of amides is 1. The van der Waals surface area contributed by atoms with E-state index in [1.807, 2.05) is 60.5 Å². The van der Waals surface area contributed by atoms with Crippen molar-refractivity contribution in [1.29, 1.82) is 5.41 Å². The van der Waals surface area contributed by atoms with Crippen LogP contribution in [0, 0.1) is 11.3 Å². The third-order valence-corrected chi connectivity index (χ3v) is 5.63. The predicted molar refractivity (Wildman–Crippen MR) is 127 cm³/mol. The maximum atomic E-state index is 12.7. The molecule has 1 atom stereocenters. The molecule has 8 nitrogen and oxygen atoms in total. The Morgan fingerprint density at radius 3 is 2.75 bits per heavy atom. The minimum atomic E-state index is -0.281. The van der Waals surface area contributed by atoms with E-state index in [0.717, 1.165) is 47.7 Å². The Balaban J connectivity index is 1.97. The van der Waals surface area contributed by atoms with Crippen LogP contribution >= 0.6 is 0 Å². The van der Waals surface area contributed by atoms with Crippen molar-refractivity contribution >= 4 is 17.4 Å². The summed E-state index contributed by atoms with van der Waals surface area (Å²) in [7, 11) is 5.52. The van der Waals surface area contributed by atoms with Crippen molar-refractivity contribution < 1.29 is 14.4 Å². The zero-order valence-corrected chi connectivity index (χ0v) is 19.3. The number of nitrogens with zero attached hydrogens (tertiary/aromatic N) is 2. The Bertz CT molecular complexity index is 976. The van der Waals surface area contributed by atoms with Crippen LogP contribution in [-0.4, -0.2) is 57.7 Å². The van der Waals surface area contributed by atoms with Crippen LogP contribution in [-0.2, 0) is 11.4 Å². The summed E-state index contributed by atoms with van der Waals surface area (Å²) in [4.78, 5) is 20.5. The van der Waals surface area contributed by atoms with Gasteiger partial charge in [-0.25, -0.2) is 0 Å². The van der Waals surface area contributed by atoms with Crippen LogP contribution in [0.2, 0.25) is 0 Å². The lowest BCUT2D eigenvalue weighted by atomic mass is 9.98. The molecule has 172 valence electrons. The van der Waals surface area contributed by atoms with E-state index in [9.17, 15) is 4.79 Å². The summed E-state index contributed by atoms with van der Waals surface area (Å²) in [5.41, 5.74) is 9.57. The van der Waals surface area contributed by atoms with E-state index >= 15 is 0 Å². The van der Waals surface area contributed by atoms with Crippen LogP contribution in [0.5, 0.6) is 5.75 Å². The van der Waals surface area contributed by atoms with Crippen molar-refractivity contribution in [2.45, 2.75) is 19.9 Å². The fraction of sp³-hybridized carbons (Fsp3) is 0.417. The molecule has 2 aromatic carbocycles. The van der Waals surface area contributed by atoms with Crippen molar-refractivity contribution in [3.63, 3.8) is 0 Å². The lowest BCUT2D eigenvalue weighted by Crippen LogP contribution is -2.33. The van der Waals surface area contributed by atoms with Crippen LogP contribution in [0.1, 0.15) is 29.3 Å². The fourth-order valence-corrected chi connectivity index (χ4v) is 3.76. The van der Waals surface area contributed by atoms with Crippen molar-refractivity contribution in [1.82, 2.24) is 10.4 Å². The summed E-state index contributed by atoms with van der Waals surface area (Å²) >= 11 is 0. The van der Waals surface area contributed by atoms with Gasteiger partial charge in [-0.1, -0.05) is 25.1 Å². The molecular formula is C24H33N5O3. The van der Waals surface area contributed by atoms with E-state index in [2.05, 4.69) is 12.2 Å². The van der Waals surface area contributed by atoms with Gasteiger partial charge in [0.1, 0.15) is 11.6 Å². The topological polar surface area (TPSA) is 104 Å². The molecule has 2 aromatic rings. The van der Waals surface area contributed by atoms with Crippen molar-refractivity contribution in [3.8, 4) is 16.9 Å². The number of para-hydroxylation sites is 1. The van der Waals surface area contributed by atoms with E-state index in [0.29, 0.717) is 18.0 Å². The Hall–Kier alpha value is -3.10. The quantitative estimate of drug-likeness (QED) is 0.410. The molecule has 0 unspecified atom stereocenters. The van der Waals surface area contributed by atoms with Gasteiger partial charge in [0.25, 0.3) is 5.91 Å². The maximum Gasteiger partial charge on any atom is 0.251 e. The van der Waals surface area contributed by atoms with Gasteiger partial charge in [0.15, 0.2) is 0 Å². The number of ether oxygens (including phenoxy) is 1. The van der Waals surface area contributed by atoms with Gasteiger partial charge >= 0.3 is 0 Å². The van der Waals surface area contributed by atoms with Gasteiger partial charge in [-0.05, 0) is 36.1 Å². The van der Waals surface area contributed by atoms with Gasteiger partial charge < -0.3 is 20.7 Å². The van der Waals surface area contributed by atoms with Gasteiger partial charge in [-0.3, -0.25) is 15.0 Å². The van der Waals surface area contributed by atoms with Crippen LogP contribution < -0.4 is 20.7 Å². The van der Waals surface area contributed by atoms with Crippen LogP contribution in [0.15, 0.2) is 36.4 Å². The van der Waals surface area contributed by atoms with Gasteiger partial charge in [0, 0.05) is 43.0 Å². The van der Waals surface area contributed by atoms with Crippen LogP contribution in [0.3, 0.4) is 0 Å². The van der Waals surface area contributed by atoms with E-state index in [-0.39, 0.29) is 18.3 Å². The Morgan fingerprint density at radius 2 is 2.12 bits per heavy atom. The molecular weight excluding hydrogens is 406 g/mol. The molecule has 32 heavy (non-hydrogen) atoms. The second-order valence-corrected chi connectivity index (χ2v) is 8.26. The predicted octanol–water partition coefficient (Wildman–Crippen LogP) is 2.87. The highest BCUT2D eigenvalue weighted by Gasteiger charge is 2.24. The number of carbonyl (C=O) groups is 1. The van der Waals surface area contributed by atoms with Gasteiger partial charge in [0.05, 0.1) is 26.8 Å². The Morgan fingerprint density at radius 1 is 1.34 bits per heavy atom. The Labute approximate surface area is 189 Å². The molecule has 1 fully saturated rings. The maximum absolute atomic E-state index is 12.7. The molecule has 8 heteroatoms. The molecule has 1 saturated heterocycles. The molecule has 3 rings (SSSR count). The summed E-state index contributed by atoms with van der Waals surface area (Å²) in [6, 6.07) is 11.7. The number of nitrogens with one attached hydrogen (secondary N) is 2. The third-order valence-electron chi connectivity index (χ3n) is 5.63. The summed E-state index contributed by atoms with van der Waals surface area (Å²) in [6.07, 6.45) is 1.10. The number of hydrogen-bond acceptors (Lipinski definition) is 6. The molecule has 0 saturated carbocycles. The molecule has 0 bridgehead atoms. The molecule has 0 aromatic heterocycles. The molecule has 1 heterocycles. The lowest BCUT2D eigenvalue weighted by Gasteiger charge is -2.20. The molecule has 4 N–H and O–H groups in total. The number of rotatable bonds is 9. The summed E-state index contributed by atoms with van der Waals surface area (Å²) in [6.45, 7) is 4.48. The highest BCUT2D eigenvalue weighted by atomic mass is 16.7. The van der Waals surface area contributed by atoms with E-state index < -0.39 is 0 Å². The second kappa shape index (κ2) is 10.5. The number of nitrogens with two attached hydrogens (primary N) is 1. The first kappa shape index (κ1) is 23.6.